The molecule has 0 saturated heterocycles. The van der Waals surface area contributed by atoms with E-state index in [1.807, 2.05) is 30.3 Å². The SMILES string of the molecule is N#C/C(=C\c1cc(Cl)c(OCc2ccc(Br)cc2)c(Br)c1)C(=O)Nc1ccc(Cl)c(Cl)c1. The van der Waals surface area contributed by atoms with Crippen LogP contribution in [0.15, 0.2) is 69.1 Å². The first kappa shape index (κ1) is 24.6. The summed E-state index contributed by atoms with van der Waals surface area (Å²) in [6, 6.07) is 17.6. The van der Waals surface area contributed by atoms with Crippen molar-refractivity contribution in [2.24, 2.45) is 0 Å². The van der Waals surface area contributed by atoms with Crippen molar-refractivity contribution in [3.63, 3.8) is 0 Å². The maximum absolute atomic E-state index is 12.5. The number of nitrogens with zero attached hydrogens (tertiary/aromatic N) is 1. The minimum atomic E-state index is -0.589. The smallest absolute Gasteiger partial charge is 0.266 e. The Labute approximate surface area is 217 Å². The van der Waals surface area contributed by atoms with Gasteiger partial charge >= 0.3 is 0 Å². The van der Waals surface area contributed by atoms with Gasteiger partial charge in [0.1, 0.15) is 18.2 Å². The molecule has 162 valence electrons. The Hall–Kier alpha value is -2.01. The third-order valence-electron chi connectivity index (χ3n) is 4.17. The Balaban J connectivity index is 1.77. The molecule has 9 heteroatoms. The van der Waals surface area contributed by atoms with Crippen LogP contribution in [-0.2, 0) is 11.4 Å². The van der Waals surface area contributed by atoms with Gasteiger partial charge in [0.2, 0.25) is 0 Å². The number of anilines is 1. The van der Waals surface area contributed by atoms with Crippen LogP contribution in [0.5, 0.6) is 5.75 Å². The van der Waals surface area contributed by atoms with Crippen LogP contribution in [-0.4, -0.2) is 5.91 Å². The highest BCUT2D eigenvalue weighted by molar-refractivity contribution is 9.10. The summed E-state index contributed by atoms with van der Waals surface area (Å²) in [4.78, 5) is 12.5. The van der Waals surface area contributed by atoms with Crippen molar-refractivity contribution in [3.05, 3.63) is 95.3 Å². The maximum atomic E-state index is 12.5. The van der Waals surface area contributed by atoms with Crippen LogP contribution in [0, 0.1) is 11.3 Å². The van der Waals surface area contributed by atoms with Gasteiger partial charge in [-0.15, -0.1) is 0 Å². The van der Waals surface area contributed by atoms with Crippen LogP contribution < -0.4 is 10.1 Å². The summed E-state index contributed by atoms with van der Waals surface area (Å²) < 4.78 is 7.42. The number of carbonyl (C=O) groups is 1. The Morgan fingerprint density at radius 3 is 2.34 bits per heavy atom. The number of hydrogen-bond acceptors (Lipinski definition) is 3. The Kier molecular flexibility index (Phi) is 8.64. The van der Waals surface area contributed by atoms with Crippen molar-refractivity contribution >= 4 is 84.3 Å². The summed E-state index contributed by atoms with van der Waals surface area (Å²) in [5, 5.41) is 13.1. The highest BCUT2D eigenvalue weighted by Crippen LogP contribution is 2.36. The standard InChI is InChI=1S/C23H13Br2Cl3N2O2/c24-16-3-1-13(2-4-16)12-32-22-18(25)8-14(9-21(22)28)7-15(11-29)23(31)30-17-5-6-19(26)20(27)10-17/h1-10H,12H2,(H,30,31)/b15-7+. The van der Waals surface area contributed by atoms with Gasteiger partial charge in [-0.25, -0.2) is 0 Å². The van der Waals surface area contributed by atoms with Crippen LogP contribution in [0.4, 0.5) is 5.69 Å². The third-order valence-corrected chi connectivity index (χ3v) is 6.31. The number of carbonyl (C=O) groups excluding carboxylic acids is 1. The molecule has 0 radical (unpaired) electrons. The summed E-state index contributed by atoms with van der Waals surface area (Å²) in [7, 11) is 0. The van der Waals surface area contributed by atoms with Crippen LogP contribution >= 0.6 is 66.7 Å². The lowest BCUT2D eigenvalue weighted by Crippen LogP contribution is -2.13. The first-order chi connectivity index (χ1) is 15.3. The second-order valence-electron chi connectivity index (χ2n) is 6.48. The van der Waals surface area contributed by atoms with E-state index in [0.717, 1.165) is 10.0 Å². The van der Waals surface area contributed by atoms with E-state index in [1.54, 1.807) is 24.3 Å². The van der Waals surface area contributed by atoms with Crippen molar-refractivity contribution in [1.29, 1.82) is 5.26 Å². The zero-order valence-electron chi connectivity index (χ0n) is 16.1. The van der Waals surface area contributed by atoms with Gasteiger partial charge in [0.15, 0.2) is 5.75 Å². The molecule has 1 amide bonds. The van der Waals surface area contributed by atoms with Crippen molar-refractivity contribution in [2.45, 2.75) is 6.61 Å². The van der Waals surface area contributed by atoms with Crippen molar-refractivity contribution in [2.75, 3.05) is 5.32 Å². The van der Waals surface area contributed by atoms with Crippen LogP contribution in [0.25, 0.3) is 6.08 Å². The molecule has 4 nitrogen and oxygen atoms in total. The number of benzene rings is 3. The van der Waals surface area contributed by atoms with E-state index in [-0.39, 0.29) is 5.57 Å². The zero-order chi connectivity index (χ0) is 23.3. The molecule has 0 aliphatic carbocycles. The molecule has 0 fully saturated rings. The molecule has 0 heterocycles. The molecule has 3 aromatic carbocycles. The predicted molar refractivity (Wildman–Crippen MR) is 136 cm³/mol. The second kappa shape index (κ2) is 11.2. The minimum Gasteiger partial charge on any atom is -0.486 e. The topological polar surface area (TPSA) is 62.1 Å². The van der Waals surface area contributed by atoms with E-state index in [9.17, 15) is 10.1 Å². The lowest BCUT2D eigenvalue weighted by atomic mass is 10.1. The summed E-state index contributed by atoms with van der Waals surface area (Å²) in [5.41, 5.74) is 1.84. The molecule has 0 bridgehead atoms. The van der Waals surface area contributed by atoms with E-state index >= 15 is 0 Å². The van der Waals surface area contributed by atoms with E-state index < -0.39 is 5.91 Å². The molecule has 0 spiro atoms. The first-order valence-corrected chi connectivity index (χ1v) is 11.7. The summed E-state index contributed by atoms with van der Waals surface area (Å²) in [6.07, 6.45) is 1.43. The van der Waals surface area contributed by atoms with Gasteiger partial charge in [-0.1, -0.05) is 62.9 Å². The quantitative estimate of drug-likeness (QED) is 0.224. The van der Waals surface area contributed by atoms with Crippen molar-refractivity contribution < 1.29 is 9.53 Å². The van der Waals surface area contributed by atoms with E-state index in [2.05, 4.69) is 37.2 Å². The Morgan fingerprint density at radius 2 is 1.72 bits per heavy atom. The number of rotatable bonds is 6. The van der Waals surface area contributed by atoms with Gasteiger partial charge in [0.25, 0.3) is 5.91 Å². The molecule has 32 heavy (non-hydrogen) atoms. The number of ether oxygens (including phenoxy) is 1. The monoisotopic (exact) mass is 612 g/mol. The van der Waals surface area contributed by atoms with Gasteiger partial charge in [0.05, 0.1) is 19.5 Å². The predicted octanol–water partition coefficient (Wildman–Crippen LogP) is 8.30. The Bertz CT molecular complexity index is 1220. The van der Waals surface area contributed by atoms with Crippen LogP contribution in [0.1, 0.15) is 11.1 Å². The number of amides is 1. The molecule has 0 aromatic heterocycles. The molecule has 3 rings (SSSR count). The van der Waals surface area contributed by atoms with Gasteiger partial charge < -0.3 is 10.1 Å². The first-order valence-electron chi connectivity index (χ1n) is 9.01. The highest BCUT2D eigenvalue weighted by atomic mass is 79.9. The summed E-state index contributed by atoms with van der Waals surface area (Å²) >= 11 is 25.1. The molecule has 0 saturated carbocycles. The Morgan fingerprint density at radius 1 is 1.00 bits per heavy atom. The third kappa shape index (κ3) is 6.50. The molecule has 0 aliphatic rings. The number of hydrogen-bond donors (Lipinski definition) is 1. The lowest BCUT2D eigenvalue weighted by molar-refractivity contribution is -0.112. The molecular formula is C23H13Br2Cl3N2O2. The van der Waals surface area contributed by atoms with Crippen molar-refractivity contribution in [3.8, 4) is 11.8 Å². The van der Waals surface area contributed by atoms with E-state index in [1.165, 1.54) is 12.1 Å². The van der Waals surface area contributed by atoms with Crippen molar-refractivity contribution in [1.82, 2.24) is 0 Å². The number of nitriles is 1. The molecule has 1 N–H and O–H groups in total. The fourth-order valence-corrected chi connectivity index (χ4v) is 4.18. The minimum absolute atomic E-state index is 0.109. The second-order valence-corrected chi connectivity index (χ2v) is 9.47. The van der Waals surface area contributed by atoms with Crippen LogP contribution in [0.2, 0.25) is 15.1 Å². The average Bonchev–Trinajstić information content (AvgIpc) is 2.75. The molecular weight excluding hydrogens is 602 g/mol. The maximum Gasteiger partial charge on any atom is 0.266 e. The fraction of sp³-hybridized carbons (Fsp3) is 0.0435. The molecule has 0 atom stereocenters. The normalized spacial score (nSPS) is 11.1. The fourth-order valence-electron chi connectivity index (χ4n) is 2.62. The summed E-state index contributed by atoms with van der Waals surface area (Å²) in [6.45, 7) is 0.330. The van der Waals surface area contributed by atoms with Crippen LogP contribution in [0.3, 0.4) is 0 Å². The molecule has 0 aliphatic heterocycles. The highest BCUT2D eigenvalue weighted by Gasteiger charge is 2.13. The van der Waals surface area contributed by atoms with Gasteiger partial charge in [-0.05, 0) is 75.6 Å². The number of halogens is 5. The lowest BCUT2D eigenvalue weighted by Gasteiger charge is -2.12. The number of nitrogens with one attached hydrogen (secondary N) is 1. The average molecular weight is 616 g/mol. The molecule has 0 unspecified atom stereocenters. The van der Waals surface area contributed by atoms with Gasteiger partial charge in [0, 0.05) is 10.2 Å². The zero-order valence-corrected chi connectivity index (χ0v) is 21.6. The molecule has 3 aromatic rings. The summed E-state index contributed by atoms with van der Waals surface area (Å²) in [5.74, 6) is -0.126. The van der Waals surface area contributed by atoms with Gasteiger partial charge in [-0.2, -0.15) is 5.26 Å². The van der Waals surface area contributed by atoms with E-state index in [4.69, 9.17) is 39.5 Å². The largest absolute Gasteiger partial charge is 0.486 e. The van der Waals surface area contributed by atoms with Gasteiger partial charge in [-0.3, -0.25) is 4.79 Å². The van der Waals surface area contributed by atoms with E-state index in [0.29, 0.717) is 43.1 Å².